The molecule has 0 unspecified atom stereocenters. The molecule has 0 atom stereocenters. The Balaban J connectivity index is 2.21. The molecule has 130 valence electrons. The van der Waals surface area contributed by atoms with Crippen molar-refractivity contribution in [3.8, 4) is 23.3 Å². The molecule has 1 aliphatic heterocycles. The molecule has 6 nitrogen and oxygen atoms in total. The van der Waals surface area contributed by atoms with Gasteiger partial charge in [0.25, 0.3) is 0 Å². The lowest BCUT2D eigenvalue weighted by Crippen LogP contribution is -2.31. The minimum absolute atomic E-state index is 0.0983. The number of imidazole rings is 1. The number of nitrogens with two attached hydrogens (primary N) is 2. The van der Waals surface area contributed by atoms with E-state index in [1.54, 1.807) is 18.4 Å². The van der Waals surface area contributed by atoms with E-state index in [0.29, 0.717) is 6.42 Å². The van der Waals surface area contributed by atoms with Gasteiger partial charge in [0.05, 0.1) is 29.9 Å². The minimum atomic E-state index is -0.0983. The number of hydrogen-bond donors (Lipinski definition) is 2. The lowest BCUT2D eigenvalue weighted by atomic mass is 9.98. The number of ether oxygens (including phenoxy) is 1. The van der Waals surface area contributed by atoms with Crippen molar-refractivity contribution >= 4 is 5.69 Å². The molecule has 0 radical (unpaired) electrons. The molecule has 0 amide bonds. The van der Waals surface area contributed by atoms with Gasteiger partial charge in [0.2, 0.25) is 0 Å². The third-order valence-corrected chi connectivity index (χ3v) is 3.97. The molecule has 0 bridgehead atoms. The average molecular weight is 337 g/mol. The van der Waals surface area contributed by atoms with Gasteiger partial charge < -0.3 is 10.5 Å². The third-order valence-electron chi connectivity index (χ3n) is 3.97. The number of nitrogens with zero attached hydrogens (tertiary/aromatic N) is 3. The van der Waals surface area contributed by atoms with Crippen LogP contribution in [0.25, 0.3) is 5.69 Å². The van der Waals surface area contributed by atoms with Crippen LogP contribution < -0.4 is 21.3 Å². The molecule has 1 aromatic carbocycles. The maximum Gasteiger partial charge on any atom is 0.135 e. The fourth-order valence-electron chi connectivity index (χ4n) is 2.68. The van der Waals surface area contributed by atoms with Crippen molar-refractivity contribution in [3.63, 3.8) is 0 Å². The molecule has 1 aliphatic rings. The topological polar surface area (TPSA) is 82.3 Å². The maximum atomic E-state index is 6.32. The number of benzene rings is 1. The van der Waals surface area contributed by atoms with E-state index in [1.807, 2.05) is 22.8 Å². The molecule has 25 heavy (non-hydrogen) atoms. The zero-order valence-corrected chi connectivity index (χ0v) is 15.0. The van der Waals surface area contributed by atoms with Crippen LogP contribution in [-0.4, -0.2) is 16.7 Å². The van der Waals surface area contributed by atoms with E-state index in [9.17, 15) is 0 Å². The van der Waals surface area contributed by atoms with Gasteiger partial charge in [-0.25, -0.2) is 10.8 Å². The highest BCUT2D eigenvalue weighted by atomic mass is 16.5. The lowest BCUT2D eigenvalue weighted by Gasteiger charge is -2.21. The zero-order valence-electron chi connectivity index (χ0n) is 15.0. The predicted octanol–water partition coefficient (Wildman–Crippen LogP) is 2.31. The Morgan fingerprint density at radius 1 is 1.28 bits per heavy atom. The molecule has 1 aromatic heterocycles. The van der Waals surface area contributed by atoms with E-state index in [4.69, 9.17) is 16.3 Å². The summed E-state index contributed by atoms with van der Waals surface area (Å²) in [6.07, 6.45) is 3.84. The summed E-state index contributed by atoms with van der Waals surface area (Å²) in [5.41, 5.74) is 9.91. The van der Waals surface area contributed by atoms with Crippen LogP contribution in [0.3, 0.4) is 0 Å². The summed E-state index contributed by atoms with van der Waals surface area (Å²) >= 11 is 0. The largest absolute Gasteiger partial charge is 0.497 e. The average Bonchev–Trinajstić information content (AvgIpc) is 2.93. The Labute approximate surface area is 148 Å². The minimum Gasteiger partial charge on any atom is -0.497 e. The molecule has 0 spiro atoms. The summed E-state index contributed by atoms with van der Waals surface area (Å²) in [5, 5.41) is 1.59. The van der Waals surface area contributed by atoms with E-state index in [0.717, 1.165) is 34.2 Å². The SMILES string of the molecule is COc1ccc2c(c1)N(N)/C(=C\N)Cc1c(C#CC(C)(C)C)ncn1-2. The van der Waals surface area contributed by atoms with Gasteiger partial charge in [0, 0.05) is 24.1 Å². The second-order valence-electron chi connectivity index (χ2n) is 6.97. The van der Waals surface area contributed by atoms with Gasteiger partial charge in [-0.1, -0.05) is 5.92 Å². The molecular weight excluding hydrogens is 314 g/mol. The van der Waals surface area contributed by atoms with Crippen LogP contribution in [0.4, 0.5) is 5.69 Å². The summed E-state index contributed by atoms with van der Waals surface area (Å²) in [6.45, 7) is 6.22. The van der Waals surface area contributed by atoms with Gasteiger partial charge in [0.15, 0.2) is 0 Å². The second kappa shape index (κ2) is 6.19. The van der Waals surface area contributed by atoms with Crippen molar-refractivity contribution in [2.75, 3.05) is 12.1 Å². The summed E-state index contributed by atoms with van der Waals surface area (Å²) in [5.74, 6) is 13.5. The third kappa shape index (κ3) is 3.19. The summed E-state index contributed by atoms with van der Waals surface area (Å²) in [7, 11) is 1.63. The van der Waals surface area contributed by atoms with Crippen molar-refractivity contribution in [3.05, 3.63) is 47.8 Å². The smallest absolute Gasteiger partial charge is 0.135 e. The monoisotopic (exact) mass is 337 g/mol. The molecule has 4 N–H and O–H groups in total. The number of fused-ring (bicyclic) bond motifs is 3. The van der Waals surface area contributed by atoms with Crippen LogP contribution in [0.5, 0.6) is 5.75 Å². The Morgan fingerprint density at radius 3 is 2.68 bits per heavy atom. The Hall–Kier alpha value is -2.91. The van der Waals surface area contributed by atoms with Crippen LogP contribution in [0.1, 0.15) is 32.2 Å². The highest BCUT2D eigenvalue weighted by Gasteiger charge is 2.24. The normalized spacial score (nSPS) is 15.1. The van der Waals surface area contributed by atoms with Gasteiger partial charge >= 0.3 is 0 Å². The van der Waals surface area contributed by atoms with Crippen molar-refractivity contribution in [1.82, 2.24) is 9.55 Å². The first-order valence-electron chi connectivity index (χ1n) is 8.07. The first kappa shape index (κ1) is 16.9. The molecular formula is C19H23N5O. The van der Waals surface area contributed by atoms with E-state index >= 15 is 0 Å². The van der Waals surface area contributed by atoms with Crippen molar-refractivity contribution in [2.24, 2.45) is 17.0 Å². The first-order chi connectivity index (χ1) is 11.8. The van der Waals surface area contributed by atoms with Crippen LogP contribution in [-0.2, 0) is 6.42 Å². The van der Waals surface area contributed by atoms with Gasteiger partial charge in [-0.3, -0.25) is 9.58 Å². The van der Waals surface area contributed by atoms with E-state index in [2.05, 4.69) is 37.6 Å². The van der Waals surface area contributed by atoms with Crippen LogP contribution in [0.2, 0.25) is 0 Å². The Kier molecular flexibility index (Phi) is 4.19. The fourth-order valence-corrected chi connectivity index (χ4v) is 2.68. The number of allylic oxidation sites excluding steroid dienone is 1. The summed E-state index contributed by atoms with van der Waals surface area (Å²) < 4.78 is 7.34. The van der Waals surface area contributed by atoms with Crippen molar-refractivity contribution in [2.45, 2.75) is 27.2 Å². The van der Waals surface area contributed by atoms with Gasteiger partial charge in [0.1, 0.15) is 17.8 Å². The molecule has 3 rings (SSSR count). The highest BCUT2D eigenvalue weighted by molar-refractivity contribution is 5.69. The number of anilines is 1. The lowest BCUT2D eigenvalue weighted by molar-refractivity contribution is 0.415. The van der Waals surface area contributed by atoms with E-state index in [-0.39, 0.29) is 5.41 Å². The van der Waals surface area contributed by atoms with Crippen LogP contribution >= 0.6 is 0 Å². The van der Waals surface area contributed by atoms with Gasteiger partial charge in [-0.05, 0) is 38.8 Å². The standard InChI is InChI=1S/C19H23N5O/c1-19(2,3)8-7-15-17-9-13(11-20)24(21)18-10-14(25-4)5-6-16(18)23(17)12-22-15/h5-6,10-12H,9,20-21H2,1-4H3/b13-11-. The number of methoxy groups -OCH3 is 1. The summed E-state index contributed by atoms with van der Waals surface area (Å²) in [4.78, 5) is 4.51. The summed E-state index contributed by atoms with van der Waals surface area (Å²) in [6, 6.07) is 5.74. The first-order valence-corrected chi connectivity index (χ1v) is 8.07. The van der Waals surface area contributed by atoms with E-state index in [1.165, 1.54) is 6.20 Å². The molecule has 6 heteroatoms. The fraction of sp³-hybridized carbons (Fsp3) is 0.316. The molecule has 0 fully saturated rings. The van der Waals surface area contributed by atoms with E-state index < -0.39 is 0 Å². The molecule has 0 aliphatic carbocycles. The quantitative estimate of drug-likeness (QED) is 0.616. The maximum absolute atomic E-state index is 6.32. The predicted molar refractivity (Wildman–Crippen MR) is 99.1 cm³/mol. The second-order valence-corrected chi connectivity index (χ2v) is 6.97. The van der Waals surface area contributed by atoms with Gasteiger partial charge in [-0.2, -0.15) is 0 Å². The Morgan fingerprint density at radius 2 is 2.04 bits per heavy atom. The Bertz CT molecular complexity index is 893. The van der Waals surface area contributed by atoms with Crippen molar-refractivity contribution in [1.29, 1.82) is 0 Å². The van der Waals surface area contributed by atoms with Gasteiger partial charge in [-0.15, -0.1) is 0 Å². The molecule has 2 heterocycles. The molecule has 0 saturated heterocycles. The molecule has 2 aromatic rings. The molecule has 0 saturated carbocycles. The highest BCUT2D eigenvalue weighted by Crippen LogP contribution is 2.34. The van der Waals surface area contributed by atoms with Crippen molar-refractivity contribution < 1.29 is 4.74 Å². The van der Waals surface area contributed by atoms with Crippen LogP contribution in [0.15, 0.2) is 36.4 Å². The van der Waals surface area contributed by atoms with Crippen LogP contribution in [0, 0.1) is 17.3 Å². The number of rotatable bonds is 1. The zero-order chi connectivity index (χ0) is 18.2. The number of hydrazine groups is 1. The number of aromatic nitrogens is 2. The number of hydrogen-bond acceptors (Lipinski definition) is 5.